The van der Waals surface area contributed by atoms with Crippen LogP contribution in [0.15, 0.2) is 11.6 Å². The largest absolute Gasteiger partial charge is 0.393 e. The van der Waals surface area contributed by atoms with E-state index in [1.165, 1.54) is 0 Å². The Morgan fingerprint density at radius 2 is 1.94 bits per heavy atom. The molecule has 7 atom stereocenters. The minimum atomic E-state index is -3.73. The van der Waals surface area contributed by atoms with E-state index in [-0.39, 0.29) is 53.6 Å². The molecule has 178 valence electrons. The highest BCUT2D eigenvalue weighted by atomic mass is 32.2. The van der Waals surface area contributed by atoms with Crippen molar-refractivity contribution in [1.82, 2.24) is 0 Å². The number of ketones is 2. The molecule has 0 radical (unpaired) electrons. The summed E-state index contributed by atoms with van der Waals surface area (Å²) < 4.78 is 69.4. The van der Waals surface area contributed by atoms with E-state index < -0.39 is 59.7 Å². The molecular weight excluding hydrogens is 424 g/mol. The minimum Gasteiger partial charge on any atom is -0.393 e. The van der Waals surface area contributed by atoms with E-state index in [1.54, 1.807) is 13.0 Å². The second kappa shape index (κ2) is 7.78. The maximum Gasteiger partial charge on any atom is 0.194 e. The topological polar surface area (TPSA) is 91.7 Å². The number of thioether (sulfide) groups is 1. The van der Waals surface area contributed by atoms with Gasteiger partial charge in [0.15, 0.2) is 16.7 Å². The van der Waals surface area contributed by atoms with Crippen molar-refractivity contribution >= 4 is 28.4 Å². The highest BCUT2D eigenvalue weighted by Gasteiger charge is 2.68. The van der Waals surface area contributed by atoms with Crippen LogP contribution in [0.5, 0.6) is 0 Å². The summed E-state index contributed by atoms with van der Waals surface area (Å²) in [5.41, 5.74) is -6.11. The molecule has 0 unspecified atom stereocenters. The Labute approximate surface area is 208 Å². The van der Waals surface area contributed by atoms with Gasteiger partial charge in [-0.2, -0.15) is 0 Å². The van der Waals surface area contributed by atoms with Gasteiger partial charge in [0.25, 0.3) is 0 Å². The number of aliphatic hydroxyl groups excluding tert-OH is 1. The lowest BCUT2D eigenvalue weighted by molar-refractivity contribution is -0.178. The van der Waals surface area contributed by atoms with Crippen molar-refractivity contribution in [2.45, 2.75) is 91.1 Å². The van der Waals surface area contributed by atoms with Crippen molar-refractivity contribution in [3.63, 3.8) is 0 Å². The van der Waals surface area contributed by atoms with Gasteiger partial charge in [-0.25, -0.2) is 0 Å². The van der Waals surface area contributed by atoms with Crippen molar-refractivity contribution in [2.24, 2.45) is 34.0 Å². The summed E-state index contributed by atoms with van der Waals surface area (Å²) in [7, 11) is 0. The van der Waals surface area contributed by atoms with Gasteiger partial charge in [-0.3, -0.25) is 14.4 Å². The van der Waals surface area contributed by atoms with Crippen LogP contribution in [0.1, 0.15) is 91.7 Å². The van der Waals surface area contributed by atoms with Crippen molar-refractivity contribution < 1.29 is 36.9 Å². The smallest absolute Gasteiger partial charge is 0.194 e. The first kappa shape index (κ1) is 15.1. The zero-order chi connectivity index (χ0) is 31.2. The summed E-state index contributed by atoms with van der Waals surface area (Å²) in [6.07, 6.45) is 3.84. The third-order valence-corrected chi connectivity index (χ3v) is 10.1. The Bertz CT molecular complexity index is 1130. The van der Waals surface area contributed by atoms with E-state index in [2.05, 4.69) is 6.92 Å². The average Bonchev–Trinajstić information content (AvgIpc) is 3.06. The van der Waals surface area contributed by atoms with Gasteiger partial charge in [-0.1, -0.05) is 51.7 Å². The van der Waals surface area contributed by atoms with Gasteiger partial charge >= 0.3 is 0 Å². The van der Waals surface area contributed by atoms with Crippen LogP contribution in [-0.4, -0.2) is 44.4 Å². The van der Waals surface area contributed by atoms with Gasteiger partial charge in [0.1, 0.15) is 5.60 Å². The molecule has 4 aliphatic carbocycles. The summed E-state index contributed by atoms with van der Waals surface area (Å²) in [5, 5.41) is 21.7. The number of Topliss-reactive ketones (excluding diaryl/α,β-unsaturated/α-hetero) is 1. The summed E-state index contributed by atoms with van der Waals surface area (Å²) in [6, 6.07) is 0. The Hall–Kier alpha value is -0.980. The van der Waals surface area contributed by atoms with Crippen LogP contribution in [0.2, 0.25) is 0 Å². The zero-order valence-corrected chi connectivity index (χ0v) is 19.4. The molecule has 0 heterocycles. The maximum atomic E-state index is 13.6. The fourth-order valence-electron chi connectivity index (χ4n) is 7.51. The van der Waals surface area contributed by atoms with Crippen molar-refractivity contribution in [2.75, 3.05) is 5.75 Å². The molecule has 0 saturated heterocycles. The normalized spacial score (nSPS) is 49.1. The van der Waals surface area contributed by atoms with E-state index in [4.69, 9.17) is 12.3 Å². The molecule has 0 aromatic heterocycles. The van der Waals surface area contributed by atoms with Gasteiger partial charge in [0.05, 0.1) is 11.9 Å². The van der Waals surface area contributed by atoms with E-state index in [1.807, 2.05) is 0 Å². The first-order valence-corrected chi connectivity index (χ1v) is 12.3. The number of fused-ring (bicyclic) bond motifs is 5. The lowest BCUT2D eigenvalue weighted by Gasteiger charge is -2.60. The van der Waals surface area contributed by atoms with Crippen LogP contribution in [0.25, 0.3) is 0 Å². The molecule has 0 amide bonds. The molecule has 4 rings (SSSR count). The number of hydrogen-bond donors (Lipinski definition) is 2. The zero-order valence-electron chi connectivity index (χ0n) is 27.6. The molecule has 0 aliphatic heterocycles. The van der Waals surface area contributed by atoms with Crippen LogP contribution >= 0.6 is 11.8 Å². The van der Waals surface area contributed by atoms with Crippen LogP contribution in [0.4, 0.5) is 0 Å². The number of carbonyl (C=O) groups is 3. The summed E-state index contributed by atoms with van der Waals surface area (Å²) in [6.45, 7) is -7.36. The Morgan fingerprint density at radius 1 is 1.22 bits per heavy atom. The molecule has 0 bridgehead atoms. The number of carbonyl (C=O) groups excluding carboxylic acids is 3. The van der Waals surface area contributed by atoms with E-state index >= 15 is 0 Å². The summed E-state index contributed by atoms with van der Waals surface area (Å²) in [5.74, 6) is -1.87. The molecule has 4 aliphatic rings. The third kappa shape index (κ3) is 3.47. The first-order valence-electron chi connectivity index (χ1n) is 15.8. The second-order valence-corrected chi connectivity index (χ2v) is 11.7. The quantitative estimate of drug-likeness (QED) is 0.644. The Balaban J connectivity index is 1.60. The fraction of sp³-hybridized carbons (Fsp3) is 0.808. The average molecular weight is 472 g/mol. The van der Waals surface area contributed by atoms with E-state index in [0.717, 1.165) is 5.57 Å². The van der Waals surface area contributed by atoms with Gasteiger partial charge in [0, 0.05) is 29.6 Å². The lowest BCUT2D eigenvalue weighted by Crippen LogP contribution is -2.62. The minimum absolute atomic E-state index is 0.00322. The van der Waals surface area contributed by atoms with Crippen molar-refractivity contribution in [3.8, 4) is 0 Å². The molecule has 0 aromatic rings. The standard InChI is InChI=1S/C26H38O5S/c1-23(2,3)22(30)32-14-20(29)26(31)11-9-18-17-7-6-15-12-16(27)8-10-24(15,4)21(17)19(28)13-25(18,26)5/h12,17-19,21,28,31H,6-11,13-14H2,1-5H3/t17-,18-,19-,21+,24-,25-,26-/m0/s1/i1D3,2D3,3D3. The highest BCUT2D eigenvalue weighted by Crippen LogP contribution is 2.67. The molecule has 0 spiro atoms. The number of aliphatic hydroxyl groups is 2. The Kier molecular flexibility index (Phi) is 3.67. The van der Waals surface area contributed by atoms with Gasteiger partial charge in [-0.05, 0) is 67.8 Å². The molecule has 3 saturated carbocycles. The van der Waals surface area contributed by atoms with Crippen molar-refractivity contribution in [1.29, 1.82) is 0 Å². The molecule has 5 nitrogen and oxygen atoms in total. The monoisotopic (exact) mass is 471 g/mol. The fourth-order valence-corrected chi connectivity index (χ4v) is 8.23. The summed E-state index contributed by atoms with van der Waals surface area (Å²) in [4.78, 5) is 38.9. The second-order valence-electron chi connectivity index (χ2n) is 10.7. The molecule has 2 N–H and O–H groups in total. The summed E-state index contributed by atoms with van der Waals surface area (Å²) >= 11 is 0.00322. The maximum absolute atomic E-state index is 13.6. The number of rotatable bonds is 3. The van der Waals surface area contributed by atoms with E-state index in [9.17, 15) is 24.6 Å². The lowest BCUT2D eigenvalue weighted by atomic mass is 9.45. The van der Waals surface area contributed by atoms with Crippen LogP contribution in [0, 0.1) is 34.0 Å². The molecule has 0 aromatic carbocycles. The van der Waals surface area contributed by atoms with Gasteiger partial charge < -0.3 is 10.2 Å². The third-order valence-electron chi connectivity index (χ3n) is 9.15. The molecule has 6 heteroatoms. The van der Waals surface area contributed by atoms with Crippen molar-refractivity contribution in [3.05, 3.63) is 11.6 Å². The number of allylic oxidation sites excluding steroid dienone is 1. The van der Waals surface area contributed by atoms with Crippen LogP contribution in [-0.2, 0) is 14.4 Å². The Morgan fingerprint density at radius 3 is 2.62 bits per heavy atom. The molecule has 32 heavy (non-hydrogen) atoms. The molecule has 3 fully saturated rings. The molecular formula is C26H38O5S. The predicted molar refractivity (Wildman–Crippen MR) is 125 cm³/mol. The van der Waals surface area contributed by atoms with E-state index in [0.29, 0.717) is 32.1 Å². The highest BCUT2D eigenvalue weighted by molar-refractivity contribution is 8.14. The van der Waals surface area contributed by atoms with Crippen LogP contribution < -0.4 is 0 Å². The van der Waals surface area contributed by atoms with Gasteiger partial charge in [0.2, 0.25) is 0 Å². The SMILES string of the molecule is [2H]C([2H])([2H])C(C(=O)SCC(=O)[C@@]1(O)CC[C@H]2[C@@H]3CCC4=CC(=O)CC[C@]4(C)[C@H]3[C@@H](O)C[C@@]21C)(C([2H])([2H])[2H])C([2H])([2H])[2H]. The van der Waals surface area contributed by atoms with Gasteiger partial charge in [-0.15, -0.1) is 0 Å². The first-order chi connectivity index (χ1) is 18.5. The van der Waals surface area contributed by atoms with Crippen LogP contribution in [0.3, 0.4) is 0 Å². The predicted octanol–water partition coefficient (Wildman–Crippen LogP) is 4.10. The number of hydrogen-bond acceptors (Lipinski definition) is 6.